The monoisotopic (exact) mass is 279 g/mol. The molecule has 3 heterocycles. The van der Waals surface area contributed by atoms with Crippen LogP contribution in [0.5, 0.6) is 0 Å². The quantitative estimate of drug-likeness (QED) is 0.739. The zero-order valence-electron chi connectivity index (χ0n) is 12.5. The van der Waals surface area contributed by atoms with Crippen LogP contribution in [-0.4, -0.2) is 36.6 Å². The number of fused-ring (bicyclic) bond motifs is 5. The van der Waals surface area contributed by atoms with Crippen molar-refractivity contribution in [3.05, 3.63) is 59.4 Å². The molecular formula is C18H21N3. The number of hydrogen-bond acceptors (Lipinski definition) is 3. The molecule has 1 fully saturated rings. The second-order valence-electron chi connectivity index (χ2n) is 6.17. The van der Waals surface area contributed by atoms with Crippen molar-refractivity contribution in [3.8, 4) is 0 Å². The minimum absolute atomic E-state index is 0.444. The molecule has 0 N–H and O–H groups in total. The summed E-state index contributed by atoms with van der Waals surface area (Å²) in [5.74, 6) is 0. The van der Waals surface area contributed by atoms with E-state index in [1.807, 2.05) is 6.20 Å². The van der Waals surface area contributed by atoms with Crippen molar-refractivity contribution in [2.45, 2.75) is 18.9 Å². The number of hydrogen-bond donors (Lipinski definition) is 0. The maximum Gasteiger partial charge on any atom is 0.0680 e. The molecule has 21 heavy (non-hydrogen) atoms. The molecule has 0 aliphatic carbocycles. The Kier molecular flexibility index (Phi) is 3.15. The van der Waals surface area contributed by atoms with Crippen LogP contribution in [0.4, 0.5) is 5.69 Å². The predicted molar refractivity (Wildman–Crippen MR) is 85.7 cm³/mol. The molecule has 0 saturated carbocycles. The summed E-state index contributed by atoms with van der Waals surface area (Å²) in [4.78, 5) is 9.71. The van der Waals surface area contributed by atoms with Crippen molar-refractivity contribution >= 4 is 5.69 Å². The Balaban J connectivity index is 1.90. The van der Waals surface area contributed by atoms with Gasteiger partial charge in [0.25, 0.3) is 0 Å². The number of nitrogens with zero attached hydrogens (tertiary/aromatic N) is 3. The van der Waals surface area contributed by atoms with Gasteiger partial charge in [-0.3, -0.25) is 4.98 Å². The van der Waals surface area contributed by atoms with Gasteiger partial charge in [0, 0.05) is 25.7 Å². The van der Waals surface area contributed by atoms with Crippen LogP contribution >= 0.6 is 0 Å². The van der Waals surface area contributed by atoms with Crippen LogP contribution in [0.25, 0.3) is 0 Å². The second kappa shape index (κ2) is 5.15. The van der Waals surface area contributed by atoms with E-state index in [0.717, 1.165) is 19.5 Å². The highest BCUT2D eigenvalue weighted by atomic mass is 15.2. The lowest BCUT2D eigenvalue weighted by atomic mass is 9.98. The van der Waals surface area contributed by atoms with Crippen LogP contribution in [0.1, 0.15) is 29.3 Å². The topological polar surface area (TPSA) is 19.4 Å². The van der Waals surface area contributed by atoms with E-state index in [0.29, 0.717) is 6.04 Å². The van der Waals surface area contributed by atoms with Gasteiger partial charge in [0.2, 0.25) is 0 Å². The molecule has 2 aliphatic heterocycles. The molecule has 1 aromatic heterocycles. The molecule has 1 unspecified atom stereocenters. The third-order valence-corrected chi connectivity index (χ3v) is 4.75. The molecule has 1 atom stereocenters. The zero-order valence-corrected chi connectivity index (χ0v) is 12.5. The fourth-order valence-corrected chi connectivity index (χ4v) is 3.73. The molecule has 2 aliphatic rings. The molecule has 4 rings (SSSR count). The molecule has 108 valence electrons. The van der Waals surface area contributed by atoms with E-state index in [1.54, 1.807) is 0 Å². The molecule has 0 radical (unpaired) electrons. The van der Waals surface area contributed by atoms with E-state index in [2.05, 4.69) is 58.2 Å². The first kappa shape index (κ1) is 12.8. The molecule has 0 bridgehead atoms. The van der Waals surface area contributed by atoms with Gasteiger partial charge in [-0.15, -0.1) is 0 Å². The summed E-state index contributed by atoms with van der Waals surface area (Å²) >= 11 is 0. The molecule has 3 heteroatoms. The third-order valence-electron chi connectivity index (χ3n) is 4.75. The molecule has 1 aromatic carbocycles. The van der Waals surface area contributed by atoms with Gasteiger partial charge >= 0.3 is 0 Å². The van der Waals surface area contributed by atoms with Gasteiger partial charge in [0.15, 0.2) is 0 Å². The summed E-state index contributed by atoms with van der Waals surface area (Å²) in [7, 11) is 2.24. The summed E-state index contributed by atoms with van der Waals surface area (Å²) < 4.78 is 0. The number of anilines is 1. The van der Waals surface area contributed by atoms with Crippen molar-refractivity contribution in [2.24, 2.45) is 0 Å². The highest BCUT2D eigenvalue weighted by Gasteiger charge is 2.31. The van der Waals surface area contributed by atoms with E-state index >= 15 is 0 Å². The zero-order chi connectivity index (χ0) is 14.2. The Hall–Kier alpha value is -1.87. The Bertz CT molecular complexity index is 652. The fourth-order valence-electron chi connectivity index (χ4n) is 3.73. The Morgan fingerprint density at radius 1 is 1.10 bits per heavy atom. The maximum absolute atomic E-state index is 4.66. The predicted octanol–water partition coefficient (Wildman–Crippen LogP) is 2.87. The average molecular weight is 279 g/mol. The van der Waals surface area contributed by atoms with E-state index in [-0.39, 0.29) is 0 Å². The van der Waals surface area contributed by atoms with Crippen LogP contribution < -0.4 is 4.90 Å². The van der Waals surface area contributed by atoms with Crippen LogP contribution in [0.3, 0.4) is 0 Å². The van der Waals surface area contributed by atoms with E-state index in [4.69, 9.17) is 0 Å². The van der Waals surface area contributed by atoms with Crippen LogP contribution in [-0.2, 0) is 6.42 Å². The first-order valence-corrected chi connectivity index (χ1v) is 7.80. The molecule has 3 nitrogen and oxygen atoms in total. The van der Waals surface area contributed by atoms with Gasteiger partial charge in [-0.25, -0.2) is 0 Å². The lowest BCUT2D eigenvalue weighted by Gasteiger charge is -2.33. The standard InChI is InChI=1S/C18H21N3/c1-20-10-5-11-21-17-8-4-9-19-16(17)12-14-6-2-3-7-15(14)18(21)13-20/h2-4,6-9,18H,5,10-13H2,1H3. The number of benzene rings is 1. The van der Waals surface area contributed by atoms with Crippen molar-refractivity contribution in [3.63, 3.8) is 0 Å². The van der Waals surface area contributed by atoms with Gasteiger partial charge < -0.3 is 9.80 Å². The first-order chi connectivity index (χ1) is 10.3. The van der Waals surface area contributed by atoms with Gasteiger partial charge in [-0.1, -0.05) is 24.3 Å². The number of aromatic nitrogens is 1. The summed E-state index contributed by atoms with van der Waals surface area (Å²) in [5.41, 5.74) is 5.45. The molecule has 0 spiro atoms. The average Bonchev–Trinajstić information content (AvgIpc) is 2.76. The fraction of sp³-hybridized carbons (Fsp3) is 0.389. The van der Waals surface area contributed by atoms with E-state index in [9.17, 15) is 0 Å². The second-order valence-corrected chi connectivity index (χ2v) is 6.17. The van der Waals surface area contributed by atoms with Gasteiger partial charge in [-0.2, -0.15) is 0 Å². The number of rotatable bonds is 0. The van der Waals surface area contributed by atoms with Crippen molar-refractivity contribution < 1.29 is 0 Å². The molecular weight excluding hydrogens is 258 g/mol. The summed E-state index contributed by atoms with van der Waals surface area (Å²) in [6.07, 6.45) is 4.08. The summed E-state index contributed by atoms with van der Waals surface area (Å²) in [6, 6.07) is 13.6. The van der Waals surface area contributed by atoms with Crippen molar-refractivity contribution in [1.29, 1.82) is 0 Å². The maximum atomic E-state index is 4.66. The minimum Gasteiger partial charge on any atom is -0.362 e. The Labute approximate surface area is 126 Å². The third kappa shape index (κ3) is 2.22. The van der Waals surface area contributed by atoms with Gasteiger partial charge in [-0.05, 0) is 43.3 Å². The normalized spacial score (nSPS) is 21.8. The first-order valence-electron chi connectivity index (χ1n) is 7.80. The van der Waals surface area contributed by atoms with E-state index in [1.165, 1.54) is 35.5 Å². The van der Waals surface area contributed by atoms with Crippen LogP contribution in [0.15, 0.2) is 42.6 Å². The molecule has 1 saturated heterocycles. The van der Waals surface area contributed by atoms with Crippen LogP contribution in [0.2, 0.25) is 0 Å². The minimum atomic E-state index is 0.444. The smallest absolute Gasteiger partial charge is 0.0680 e. The Morgan fingerprint density at radius 3 is 2.95 bits per heavy atom. The van der Waals surface area contributed by atoms with Crippen molar-refractivity contribution in [2.75, 3.05) is 31.6 Å². The highest BCUT2D eigenvalue weighted by Crippen LogP contribution is 2.37. The Morgan fingerprint density at radius 2 is 2.00 bits per heavy atom. The number of pyridine rings is 1. The molecule has 2 aromatic rings. The summed E-state index contributed by atoms with van der Waals surface area (Å²) in [6.45, 7) is 3.37. The van der Waals surface area contributed by atoms with Gasteiger partial charge in [0.1, 0.15) is 0 Å². The largest absolute Gasteiger partial charge is 0.362 e. The van der Waals surface area contributed by atoms with Crippen LogP contribution in [0, 0.1) is 0 Å². The lowest BCUT2D eigenvalue weighted by molar-refractivity contribution is 0.333. The summed E-state index contributed by atoms with van der Waals surface area (Å²) in [5, 5.41) is 0. The SMILES string of the molecule is CN1CCCN2c3cccnc3Cc3ccccc3C2C1. The van der Waals surface area contributed by atoms with Crippen molar-refractivity contribution in [1.82, 2.24) is 9.88 Å². The van der Waals surface area contributed by atoms with Gasteiger partial charge in [0.05, 0.1) is 17.4 Å². The van der Waals surface area contributed by atoms with E-state index < -0.39 is 0 Å². The molecule has 0 amide bonds. The highest BCUT2D eigenvalue weighted by molar-refractivity contribution is 5.58. The lowest BCUT2D eigenvalue weighted by Crippen LogP contribution is -2.33. The number of likely N-dealkylation sites (N-methyl/N-ethyl adjacent to an activating group) is 1.